The highest BCUT2D eigenvalue weighted by Crippen LogP contribution is 2.89. The summed E-state index contributed by atoms with van der Waals surface area (Å²) in [7, 11) is 18.4. The van der Waals surface area contributed by atoms with Gasteiger partial charge in [0.05, 0.1) is 4.38 Å². The second-order valence-electron chi connectivity index (χ2n) is 1.69. The minimum Gasteiger partial charge on any atom is -0.116 e. The van der Waals surface area contributed by atoms with Crippen LogP contribution in [-0.2, 0) is 0 Å². The molecule has 0 fully saturated rings. The summed E-state index contributed by atoms with van der Waals surface area (Å²) in [6.45, 7) is 0. The highest BCUT2D eigenvalue weighted by atomic mass is 32.4. The van der Waals surface area contributed by atoms with Gasteiger partial charge in [0.25, 0.3) is 0 Å². The van der Waals surface area contributed by atoms with Crippen LogP contribution in [0.15, 0.2) is 0 Å². The van der Waals surface area contributed by atoms with Crippen LogP contribution in [0.4, 0.5) is 0 Å². The van der Waals surface area contributed by atoms with Crippen LogP contribution in [-0.4, -0.2) is 4.38 Å². The summed E-state index contributed by atoms with van der Waals surface area (Å²) >= 11 is 0. The van der Waals surface area contributed by atoms with Gasteiger partial charge in [-0.1, -0.05) is 8.27 Å². The average molecular weight is 304 g/mol. The average Bonchev–Trinajstić information content (AvgIpc) is 1.85. The van der Waals surface area contributed by atoms with Gasteiger partial charge in [-0.05, 0) is 14.6 Å². The van der Waals surface area contributed by atoms with Crippen molar-refractivity contribution < 1.29 is 0 Å². The first-order valence-corrected chi connectivity index (χ1v) is 14.9. The van der Waals surface area contributed by atoms with Crippen molar-refractivity contribution in [1.29, 1.82) is 0 Å². The summed E-state index contributed by atoms with van der Waals surface area (Å²) in [5.41, 5.74) is 0. The Balaban J connectivity index is 4.23. The number of hydrogen-bond donors (Lipinski definition) is 0. The molecule has 9 heteroatoms. The molecule has 0 rings (SSSR count). The molecule has 0 spiro atoms. The van der Waals surface area contributed by atoms with Gasteiger partial charge in [-0.3, -0.25) is 0 Å². The molecule has 0 N–H and O–H groups in total. The van der Waals surface area contributed by atoms with E-state index in [1.54, 1.807) is 0 Å². The fraction of sp³-hybridized carbons (Fsp3) is 1.00. The zero-order valence-electron chi connectivity index (χ0n) is 5.36. The Labute approximate surface area is 81.1 Å². The van der Waals surface area contributed by atoms with Crippen LogP contribution in [0.2, 0.25) is 0 Å². The molecule has 0 aromatic carbocycles. The molecule has 0 bridgehead atoms. The molecule has 0 saturated heterocycles. The maximum atomic E-state index is 2.99. The van der Waals surface area contributed by atoms with Crippen molar-refractivity contribution in [2.24, 2.45) is 0 Å². The van der Waals surface area contributed by atoms with E-state index in [2.05, 4.69) is 53.9 Å². The zero-order valence-corrected chi connectivity index (χ0v) is 15.1. The van der Waals surface area contributed by atoms with Crippen molar-refractivity contribution in [1.82, 2.24) is 0 Å². The fourth-order valence-electron chi connectivity index (χ4n) is 0.282. The summed E-state index contributed by atoms with van der Waals surface area (Å²) in [4.78, 5) is 0. The molecule has 0 aromatic rings. The first kappa shape index (κ1) is 13.9. The molecule has 7 atom stereocenters. The molecule has 7 unspecified atom stereocenters. The molecule has 0 aliphatic heterocycles. The van der Waals surface area contributed by atoms with Gasteiger partial charge in [0.15, 0.2) is 0 Å². The van der Waals surface area contributed by atoms with Gasteiger partial charge in [0.1, 0.15) is 0 Å². The summed E-state index contributed by atoms with van der Waals surface area (Å²) < 4.78 is 0.431. The molecule has 0 aromatic heterocycles. The van der Waals surface area contributed by atoms with Gasteiger partial charge in [0.2, 0.25) is 0 Å². The minimum absolute atomic E-state index is 0.0105. The molecule has 0 aliphatic rings. The van der Waals surface area contributed by atoms with Gasteiger partial charge >= 0.3 is 0 Å². The SMILES string of the molecule is PPC(P)(P(P)P)P(P)P. The Morgan fingerprint density at radius 3 is 1.30 bits per heavy atom. The molecule has 62 valence electrons. The lowest BCUT2D eigenvalue weighted by Gasteiger charge is -2.35. The smallest absolute Gasteiger partial charge is 0.0579 e. The van der Waals surface area contributed by atoms with Gasteiger partial charge in [0, 0.05) is 0 Å². The minimum atomic E-state index is -0.0105. The van der Waals surface area contributed by atoms with Crippen molar-refractivity contribution in [3.8, 4) is 0 Å². The van der Waals surface area contributed by atoms with Crippen LogP contribution in [0.5, 0.6) is 0 Å². The summed E-state index contributed by atoms with van der Waals surface area (Å²) in [6, 6.07) is 0. The van der Waals surface area contributed by atoms with Crippen LogP contribution < -0.4 is 0 Å². The third-order valence-corrected chi connectivity index (χ3v) is 27.0. The van der Waals surface area contributed by atoms with Crippen molar-refractivity contribution in [2.75, 3.05) is 0 Å². The maximum absolute atomic E-state index is 2.99. The van der Waals surface area contributed by atoms with Crippen LogP contribution in [0, 0.1) is 0 Å². The Morgan fingerprint density at radius 1 is 1.00 bits per heavy atom. The van der Waals surface area contributed by atoms with Crippen molar-refractivity contribution >= 4 is 76.7 Å². The molecule has 0 saturated carbocycles. The highest BCUT2D eigenvalue weighted by Gasteiger charge is 2.30. The quantitative estimate of drug-likeness (QED) is 0.690. The fourth-order valence-corrected chi connectivity index (χ4v) is 22.9. The first-order valence-electron chi connectivity index (χ1n) is 2.31. The van der Waals surface area contributed by atoms with E-state index in [1.165, 1.54) is 0 Å². The van der Waals surface area contributed by atoms with Crippen molar-refractivity contribution in [3.63, 3.8) is 0 Å². The van der Waals surface area contributed by atoms with Crippen LogP contribution in [0.25, 0.3) is 0 Å². The summed E-state index contributed by atoms with van der Waals surface area (Å²) in [5, 5.41) is 0. The molecule has 0 heterocycles. The Bertz CT molecular complexity index is 86.9. The maximum Gasteiger partial charge on any atom is 0.0579 e. The highest BCUT2D eigenvalue weighted by molar-refractivity contribution is 8.59. The van der Waals surface area contributed by atoms with Gasteiger partial charge in [-0.25, -0.2) is 0 Å². The molecule has 10 heavy (non-hydrogen) atoms. The van der Waals surface area contributed by atoms with Gasteiger partial charge in [-0.2, -0.15) is 0 Å². The van der Waals surface area contributed by atoms with Gasteiger partial charge in [-0.15, -0.1) is 53.9 Å². The number of rotatable bonds is 3. The van der Waals surface area contributed by atoms with E-state index in [4.69, 9.17) is 0 Å². The van der Waals surface area contributed by atoms with E-state index in [1.807, 2.05) is 0 Å². The predicted molar refractivity (Wildman–Crippen MR) is 83.1 cm³/mol. The monoisotopic (exact) mass is 304 g/mol. The number of hydrogen-bond acceptors (Lipinski definition) is 0. The normalized spacial score (nSPS) is 14.4. The van der Waals surface area contributed by atoms with E-state index >= 15 is 0 Å². The largest absolute Gasteiger partial charge is 0.116 e. The predicted octanol–water partition coefficient (Wildman–Crippen LogP) is 4.07. The lowest BCUT2D eigenvalue weighted by Crippen LogP contribution is -1.93. The Kier molecular flexibility index (Phi) is 8.84. The second kappa shape index (κ2) is 6.37. The Hall–Kier alpha value is 3.87. The summed E-state index contributed by atoms with van der Waals surface area (Å²) in [6.07, 6.45) is 0. The van der Waals surface area contributed by atoms with E-state index < -0.39 is 0 Å². The van der Waals surface area contributed by atoms with Crippen LogP contribution in [0.3, 0.4) is 0 Å². The molecule has 0 aliphatic carbocycles. The van der Waals surface area contributed by atoms with Crippen molar-refractivity contribution in [2.45, 2.75) is 4.38 Å². The van der Waals surface area contributed by atoms with E-state index in [0.717, 1.165) is 8.27 Å². The van der Waals surface area contributed by atoms with Gasteiger partial charge < -0.3 is 0 Å². The molecular formula is CH13P9. The first-order chi connectivity index (χ1) is 4.45. The van der Waals surface area contributed by atoms with Crippen LogP contribution >= 0.6 is 76.7 Å². The third kappa shape index (κ3) is 3.94. The molecule has 0 amide bonds. The topological polar surface area (TPSA) is 0 Å². The second-order valence-corrected chi connectivity index (χ2v) is 20.5. The van der Waals surface area contributed by atoms with E-state index in [0.29, 0.717) is 4.38 Å². The standard InChI is InChI=1S/CH13P9/c2-1(8-3,9(4)5)10(6)7/h8H,2-7H2. The summed E-state index contributed by atoms with van der Waals surface area (Å²) in [5.74, 6) is 0. The van der Waals surface area contributed by atoms with Crippen molar-refractivity contribution in [3.05, 3.63) is 0 Å². The lowest BCUT2D eigenvalue weighted by atomic mass is 11.8. The molecular weight excluding hydrogens is 291 g/mol. The molecule has 0 radical (unpaired) electrons. The van der Waals surface area contributed by atoms with Crippen LogP contribution in [0.1, 0.15) is 0 Å². The zero-order chi connectivity index (χ0) is 8.36. The Morgan fingerprint density at radius 2 is 1.30 bits per heavy atom. The molecule has 0 nitrogen and oxygen atoms in total. The van der Waals surface area contributed by atoms with E-state index in [-0.39, 0.29) is 14.6 Å². The van der Waals surface area contributed by atoms with E-state index in [9.17, 15) is 0 Å². The lowest BCUT2D eigenvalue weighted by molar-refractivity contribution is 1.89. The third-order valence-electron chi connectivity index (χ3n) is 1.000.